The zero-order valence-electron chi connectivity index (χ0n) is 18.9. The zero-order chi connectivity index (χ0) is 23.9. The molecule has 3 aromatic rings. The van der Waals surface area contributed by atoms with E-state index in [1.807, 2.05) is 25.1 Å². The van der Waals surface area contributed by atoms with Crippen LogP contribution in [0.4, 0.5) is 0 Å². The predicted molar refractivity (Wildman–Crippen MR) is 132 cm³/mol. The number of halogens is 1. The van der Waals surface area contributed by atoms with Gasteiger partial charge in [0.2, 0.25) is 10.0 Å². The van der Waals surface area contributed by atoms with E-state index in [-0.39, 0.29) is 22.8 Å². The molecule has 1 fully saturated rings. The minimum Gasteiger partial charge on any atom is -0.466 e. The molecular weight excluding hydrogens is 472 g/mol. The maximum atomic E-state index is 13.4. The molecule has 178 valence electrons. The van der Waals surface area contributed by atoms with E-state index in [4.69, 9.17) is 16.3 Å². The molecule has 34 heavy (non-hydrogen) atoms. The van der Waals surface area contributed by atoms with Gasteiger partial charge in [-0.3, -0.25) is 9.69 Å². The number of nitrogens with zero attached hydrogens (tertiary/aromatic N) is 1. The molecule has 5 rings (SSSR count). The molecule has 0 radical (unpaired) electrons. The molecule has 1 aliphatic carbocycles. The fraction of sp³-hybridized carbons (Fsp3) is 0.346. The average molecular weight is 499 g/mol. The Labute approximate surface area is 204 Å². The van der Waals surface area contributed by atoms with Gasteiger partial charge < -0.3 is 4.74 Å². The number of ether oxygens (including phenoxy) is 1. The Morgan fingerprint density at radius 1 is 1.03 bits per heavy atom. The van der Waals surface area contributed by atoms with Crippen LogP contribution in [0.25, 0.3) is 10.8 Å². The lowest BCUT2D eigenvalue weighted by atomic mass is 9.93. The van der Waals surface area contributed by atoms with E-state index in [9.17, 15) is 13.2 Å². The topological polar surface area (TPSA) is 75.7 Å². The maximum Gasteiger partial charge on any atom is 0.309 e. The molecule has 0 unspecified atom stereocenters. The van der Waals surface area contributed by atoms with Gasteiger partial charge >= 0.3 is 5.97 Å². The quantitative estimate of drug-likeness (QED) is 0.492. The van der Waals surface area contributed by atoms with Crippen LogP contribution in [-0.2, 0) is 19.6 Å². The zero-order valence-corrected chi connectivity index (χ0v) is 20.5. The second kappa shape index (κ2) is 9.30. The fourth-order valence-corrected chi connectivity index (χ4v) is 6.66. The molecular formula is C26H27ClN2O4S. The normalized spacial score (nSPS) is 21.1. The highest BCUT2D eigenvalue weighted by molar-refractivity contribution is 7.89. The van der Waals surface area contributed by atoms with Crippen LogP contribution in [0.3, 0.4) is 0 Å². The van der Waals surface area contributed by atoms with Crippen LogP contribution in [0.15, 0.2) is 65.6 Å². The summed E-state index contributed by atoms with van der Waals surface area (Å²) in [4.78, 5) is 14.7. The first-order chi connectivity index (χ1) is 16.4. The van der Waals surface area contributed by atoms with Crippen LogP contribution in [0.2, 0.25) is 5.02 Å². The first-order valence-corrected chi connectivity index (χ1v) is 13.5. The predicted octanol–water partition coefficient (Wildman–Crippen LogP) is 4.84. The number of nitrogens with one attached hydrogen (secondary N) is 1. The van der Waals surface area contributed by atoms with Crippen LogP contribution in [0, 0.1) is 5.92 Å². The fourth-order valence-electron chi connectivity index (χ4n) is 5.31. The Morgan fingerprint density at radius 2 is 1.68 bits per heavy atom. The molecule has 0 bridgehead atoms. The van der Waals surface area contributed by atoms with Gasteiger partial charge in [0.25, 0.3) is 0 Å². The number of carbonyl (C=O) groups is 1. The number of piperidine rings is 1. The summed E-state index contributed by atoms with van der Waals surface area (Å²) in [7, 11) is -3.79. The number of esters is 1. The van der Waals surface area contributed by atoms with Crippen molar-refractivity contribution in [3.8, 4) is 0 Å². The van der Waals surface area contributed by atoms with Gasteiger partial charge in [0, 0.05) is 5.02 Å². The molecule has 0 amide bonds. The average Bonchev–Trinajstić information content (AvgIpc) is 3.14. The summed E-state index contributed by atoms with van der Waals surface area (Å²) < 4.78 is 35.0. The molecule has 0 saturated carbocycles. The monoisotopic (exact) mass is 498 g/mol. The summed E-state index contributed by atoms with van der Waals surface area (Å²) in [6.45, 7) is 3.59. The summed E-state index contributed by atoms with van der Waals surface area (Å²) in [5, 5.41) is 2.68. The van der Waals surface area contributed by atoms with Gasteiger partial charge in [-0.1, -0.05) is 48.0 Å². The van der Waals surface area contributed by atoms with Gasteiger partial charge in [0.1, 0.15) is 0 Å². The van der Waals surface area contributed by atoms with Crippen molar-refractivity contribution < 1.29 is 17.9 Å². The van der Waals surface area contributed by atoms with Crippen LogP contribution < -0.4 is 4.72 Å². The third-order valence-electron chi connectivity index (χ3n) is 6.89. The Bertz CT molecular complexity index is 1310. The first-order valence-electron chi connectivity index (χ1n) is 11.6. The lowest BCUT2D eigenvalue weighted by Gasteiger charge is -2.38. The van der Waals surface area contributed by atoms with Gasteiger partial charge in [-0.05, 0) is 79.0 Å². The van der Waals surface area contributed by atoms with E-state index in [0.717, 1.165) is 21.9 Å². The number of hydrogen-bond acceptors (Lipinski definition) is 5. The molecule has 6 nitrogen and oxygen atoms in total. The van der Waals surface area contributed by atoms with E-state index in [0.29, 0.717) is 37.6 Å². The van der Waals surface area contributed by atoms with Gasteiger partial charge in [0.05, 0.1) is 29.5 Å². The molecule has 1 heterocycles. The van der Waals surface area contributed by atoms with Crippen molar-refractivity contribution in [2.75, 3.05) is 19.7 Å². The van der Waals surface area contributed by atoms with Gasteiger partial charge in [0.15, 0.2) is 0 Å². The second-order valence-corrected chi connectivity index (χ2v) is 11.0. The van der Waals surface area contributed by atoms with Crippen molar-refractivity contribution in [1.29, 1.82) is 0 Å². The highest BCUT2D eigenvalue weighted by atomic mass is 35.5. The Morgan fingerprint density at radius 3 is 2.32 bits per heavy atom. The van der Waals surface area contributed by atoms with Crippen molar-refractivity contribution in [1.82, 2.24) is 9.62 Å². The van der Waals surface area contributed by atoms with Crippen molar-refractivity contribution in [3.05, 3.63) is 76.8 Å². The summed E-state index contributed by atoms with van der Waals surface area (Å²) in [5.74, 6) is -0.251. The molecule has 0 spiro atoms. The minimum absolute atomic E-state index is 0.111. The standard InChI is InChI=1S/C26H27ClN2O4S/c1-2-33-26(30)18-13-15-29(16-14-18)25-22-8-4-6-17-5-3-7-21(23(17)22)24(25)28-34(31,32)20-11-9-19(27)10-12-20/h3-12,18,24-25,28H,2,13-16H2,1H3/t24-,25-/m1/s1. The van der Waals surface area contributed by atoms with Gasteiger partial charge in [-0.2, -0.15) is 0 Å². The molecule has 2 aliphatic rings. The molecule has 2 atom stereocenters. The number of benzene rings is 3. The van der Waals surface area contributed by atoms with Crippen LogP contribution >= 0.6 is 11.6 Å². The third-order valence-corrected chi connectivity index (χ3v) is 8.60. The van der Waals surface area contributed by atoms with Gasteiger partial charge in [-0.15, -0.1) is 0 Å². The largest absolute Gasteiger partial charge is 0.466 e. The smallest absolute Gasteiger partial charge is 0.309 e. The van der Waals surface area contributed by atoms with E-state index in [2.05, 4.69) is 27.8 Å². The Kier molecular flexibility index (Phi) is 6.37. The van der Waals surface area contributed by atoms with Gasteiger partial charge in [-0.25, -0.2) is 13.1 Å². The van der Waals surface area contributed by atoms with Crippen molar-refractivity contribution in [2.45, 2.75) is 36.7 Å². The Hall–Kier alpha value is -2.45. The lowest BCUT2D eigenvalue weighted by Crippen LogP contribution is -2.43. The molecule has 1 N–H and O–H groups in total. The second-order valence-electron chi connectivity index (χ2n) is 8.85. The van der Waals surface area contributed by atoms with Crippen LogP contribution in [0.1, 0.15) is 43.0 Å². The van der Waals surface area contributed by atoms with E-state index < -0.39 is 16.1 Å². The molecule has 8 heteroatoms. The number of likely N-dealkylation sites (tertiary alicyclic amines) is 1. The molecule has 0 aromatic heterocycles. The number of hydrogen-bond donors (Lipinski definition) is 1. The summed E-state index contributed by atoms with van der Waals surface area (Å²) >= 11 is 5.97. The van der Waals surface area contributed by atoms with E-state index >= 15 is 0 Å². The maximum absolute atomic E-state index is 13.4. The van der Waals surface area contributed by atoms with E-state index in [1.54, 1.807) is 12.1 Å². The van der Waals surface area contributed by atoms with Crippen LogP contribution in [0.5, 0.6) is 0 Å². The summed E-state index contributed by atoms with van der Waals surface area (Å²) in [6, 6.07) is 17.8. The van der Waals surface area contributed by atoms with E-state index in [1.165, 1.54) is 12.1 Å². The van der Waals surface area contributed by atoms with Crippen LogP contribution in [-0.4, -0.2) is 39.0 Å². The minimum atomic E-state index is -3.79. The first kappa shape index (κ1) is 23.3. The SMILES string of the molecule is CCOC(=O)C1CCN([C@@H]2c3cccc4cccc(c34)[C@H]2NS(=O)(=O)c2ccc(Cl)cc2)CC1. The van der Waals surface area contributed by atoms with Crippen molar-refractivity contribution in [3.63, 3.8) is 0 Å². The summed E-state index contributed by atoms with van der Waals surface area (Å²) in [6.07, 6.45) is 1.39. The van der Waals surface area contributed by atoms with Crippen molar-refractivity contribution >= 4 is 38.4 Å². The van der Waals surface area contributed by atoms with Crippen molar-refractivity contribution in [2.24, 2.45) is 5.92 Å². The number of rotatable bonds is 6. The highest BCUT2D eigenvalue weighted by Gasteiger charge is 2.42. The molecule has 3 aromatic carbocycles. The number of sulfonamides is 1. The molecule has 1 aliphatic heterocycles. The highest BCUT2D eigenvalue weighted by Crippen LogP contribution is 2.48. The lowest BCUT2D eigenvalue weighted by molar-refractivity contribution is -0.149. The molecule has 1 saturated heterocycles. The number of carbonyl (C=O) groups excluding carboxylic acids is 1. The summed E-state index contributed by atoms with van der Waals surface area (Å²) in [5.41, 5.74) is 2.09. The Balaban J connectivity index is 1.49. The third kappa shape index (κ3) is 4.22.